The maximum atomic E-state index is 11.2. The first kappa shape index (κ1) is 14.8. The molecule has 6 heteroatoms. The average Bonchev–Trinajstić information content (AvgIpc) is 2.16. The SMILES string of the molecule is CCCS(=O)(=O)CCOCCOCCO. The van der Waals surface area contributed by atoms with Gasteiger partial charge in [0.2, 0.25) is 0 Å². The topological polar surface area (TPSA) is 72.8 Å². The summed E-state index contributed by atoms with van der Waals surface area (Å²) in [4.78, 5) is 0. The van der Waals surface area contributed by atoms with Crippen LogP contribution in [0.2, 0.25) is 0 Å². The van der Waals surface area contributed by atoms with Crippen LogP contribution in [-0.4, -0.2) is 58.1 Å². The largest absolute Gasteiger partial charge is 0.394 e. The Balaban J connectivity index is 3.31. The summed E-state index contributed by atoms with van der Waals surface area (Å²) in [5, 5.41) is 8.39. The quantitative estimate of drug-likeness (QED) is 0.537. The summed E-state index contributed by atoms with van der Waals surface area (Å²) in [6, 6.07) is 0. The van der Waals surface area contributed by atoms with Gasteiger partial charge in [-0.25, -0.2) is 8.42 Å². The lowest BCUT2D eigenvalue weighted by atomic mass is 10.6. The molecule has 0 bridgehead atoms. The fourth-order valence-electron chi connectivity index (χ4n) is 0.985. The van der Waals surface area contributed by atoms with E-state index in [0.717, 1.165) is 0 Å². The second-order valence-electron chi connectivity index (χ2n) is 3.10. The summed E-state index contributed by atoms with van der Waals surface area (Å²) in [6.45, 7) is 3.07. The van der Waals surface area contributed by atoms with Crippen molar-refractivity contribution in [3.8, 4) is 0 Å². The second kappa shape index (κ2) is 9.08. The van der Waals surface area contributed by atoms with Crippen molar-refractivity contribution in [2.75, 3.05) is 44.5 Å². The smallest absolute Gasteiger partial charge is 0.152 e. The van der Waals surface area contributed by atoms with Gasteiger partial charge in [-0.05, 0) is 6.42 Å². The molecule has 0 atom stereocenters. The first-order chi connectivity index (χ1) is 7.12. The predicted molar refractivity (Wildman–Crippen MR) is 57.7 cm³/mol. The van der Waals surface area contributed by atoms with Gasteiger partial charge < -0.3 is 14.6 Å². The van der Waals surface area contributed by atoms with E-state index in [2.05, 4.69) is 0 Å². The van der Waals surface area contributed by atoms with Crippen LogP contribution >= 0.6 is 0 Å². The highest BCUT2D eigenvalue weighted by Gasteiger charge is 2.08. The molecule has 5 nitrogen and oxygen atoms in total. The van der Waals surface area contributed by atoms with E-state index in [9.17, 15) is 8.42 Å². The molecule has 0 unspecified atom stereocenters. The Morgan fingerprint density at radius 3 is 2.13 bits per heavy atom. The Hall–Kier alpha value is -0.170. The number of rotatable bonds is 10. The molecule has 92 valence electrons. The first-order valence-electron chi connectivity index (χ1n) is 5.09. The fraction of sp³-hybridized carbons (Fsp3) is 1.00. The average molecular weight is 240 g/mol. The van der Waals surface area contributed by atoms with Crippen molar-refractivity contribution in [1.82, 2.24) is 0 Å². The molecule has 0 fully saturated rings. The van der Waals surface area contributed by atoms with E-state index in [4.69, 9.17) is 14.6 Å². The molecule has 0 heterocycles. The number of sulfone groups is 1. The van der Waals surface area contributed by atoms with Crippen molar-refractivity contribution in [2.45, 2.75) is 13.3 Å². The van der Waals surface area contributed by atoms with Crippen molar-refractivity contribution in [2.24, 2.45) is 0 Å². The lowest BCUT2D eigenvalue weighted by molar-refractivity contribution is 0.0375. The van der Waals surface area contributed by atoms with Crippen molar-refractivity contribution in [1.29, 1.82) is 0 Å². The minimum Gasteiger partial charge on any atom is -0.394 e. The highest BCUT2D eigenvalue weighted by atomic mass is 32.2. The highest BCUT2D eigenvalue weighted by Crippen LogP contribution is 1.93. The standard InChI is InChI=1S/C9H20O5S/c1-2-8-15(11,12)9-7-14-6-5-13-4-3-10/h10H,2-9H2,1H3. The van der Waals surface area contributed by atoms with Crippen LogP contribution in [0.1, 0.15) is 13.3 Å². The minimum absolute atomic E-state index is 0.00905. The van der Waals surface area contributed by atoms with Gasteiger partial charge in [-0.15, -0.1) is 0 Å². The van der Waals surface area contributed by atoms with Crippen LogP contribution in [0, 0.1) is 0 Å². The van der Waals surface area contributed by atoms with Gasteiger partial charge in [0.1, 0.15) is 0 Å². The second-order valence-corrected chi connectivity index (χ2v) is 5.40. The van der Waals surface area contributed by atoms with Gasteiger partial charge in [0.15, 0.2) is 9.84 Å². The summed E-state index contributed by atoms with van der Waals surface area (Å²) in [5.41, 5.74) is 0. The van der Waals surface area contributed by atoms with Crippen LogP contribution in [0.3, 0.4) is 0 Å². The van der Waals surface area contributed by atoms with Crippen molar-refractivity contribution < 1.29 is 23.0 Å². The molecular formula is C9H20O5S. The van der Waals surface area contributed by atoms with Crippen LogP contribution < -0.4 is 0 Å². The predicted octanol–water partition coefficient (Wildman–Crippen LogP) is -0.163. The van der Waals surface area contributed by atoms with E-state index >= 15 is 0 Å². The summed E-state index contributed by atoms with van der Waals surface area (Å²) < 4.78 is 32.5. The molecule has 0 rings (SSSR count). The molecule has 1 N–H and O–H groups in total. The molecule has 0 aromatic carbocycles. The zero-order chi connectivity index (χ0) is 11.6. The van der Waals surface area contributed by atoms with Crippen LogP contribution in [0.15, 0.2) is 0 Å². The van der Waals surface area contributed by atoms with Gasteiger partial charge in [0, 0.05) is 5.75 Å². The van der Waals surface area contributed by atoms with E-state index in [0.29, 0.717) is 19.6 Å². The summed E-state index contributed by atoms with van der Waals surface area (Å²) in [6.07, 6.45) is 0.641. The Morgan fingerprint density at radius 1 is 1.00 bits per heavy atom. The maximum Gasteiger partial charge on any atom is 0.152 e. The van der Waals surface area contributed by atoms with Crippen LogP contribution in [-0.2, 0) is 19.3 Å². The van der Waals surface area contributed by atoms with E-state index in [1.807, 2.05) is 6.92 Å². The zero-order valence-corrected chi connectivity index (χ0v) is 9.96. The van der Waals surface area contributed by atoms with E-state index in [1.54, 1.807) is 0 Å². The molecule has 0 aliphatic heterocycles. The van der Waals surface area contributed by atoms with Gasteiger partial charge in [0.25, 0.3) is 0 Å². The lowest BCUT2D eigenvalue weighted by Crippen LogP contribution is -2.17. The number of hydrogen-bond donors (Lipinski definition) is 1. The Labute approximate surface area is 91.3 Å². The van der Waals surface area contributed by atoms with E-state index in [1.165, 1.54) is 0 Å². The molecule has 0 aliphatic carbocycles. The van der Waals surface area contributed by atoms with Crippen molar-refractivity contribution in [3.63, 3.8) is 0 Å². The van der Waals surface area contributed by atoms with Crippen molar-refractivity contribution >= 4 is 9.84 Å². The van der Waals surface area contributed by atoms with E-state index in [-0.39, 0.29) is 31.3 Å². The Bertz CT molecular complexity index is 225. The Kier molecular flexibility index (Phi) is 8.98. The normalized spacial score (nSPS) is 11.9. The number of aliphatic hydroxyl groups is 1. The summed E-state index contributed by atoms with van der Waals surface area (Å²) in [5.74, 6) is 0.290. The molecule has 0 saturated carbocycles. The molecular weight excluding hydrogens is 220 g/mol. The molecule has 0 aromatic heterocycles. The monoisotopic (exact) mass is 240 g/mol. The van der Waals surface area contributed by atoms with Gasteiger partial charge in [-0.1, -0.05) is 6.92 Å². The third kappa shape index (κ3) is 10.1. The molecule has 15 heavy (non-hydrogen) atoms. The number of ether oxygens (including phenoxy) is 2. The maximum absolute atomic E-state index is 11.2. The van der Waals surface area contributed by atoms with Crippen LogP contribution in [0.4, 0.5) is 0 Å². The molecule has 0 aliphatic rings. The van der Waals surface area contributed by atoms with Gasteiger partial charge in [-0.3, -0.25) is 0 Å². The van der Waals surface area contributed by atoms with Crippen molar-refractivity contribution in [3.05, 3.63) is 0 Å². The number of aliphatic hydroxyl groups excluding tert-OH is 1. The third-order valence-electron chi connectivity index (χ3n) is 1.66. The molecule has 0 radical (unpaired) electrons. The van der Waals surface area contributed by atoms with E-state index < -0.39 is 9.84 Å². The van der Waals surface area contributed by atoms with Gasteiger partial charge in [-0.2, -0.15) is 0 Å². The zero-order valence-electron chi connectivity index (χ0n) is 9.15. The molecule has 0 aromatic rings. The van der Waals surface area contributed by atoms with Gasteiger partial charge >= 0.3 is 0 Å². The molecule has 0 amide bonds. The van der Waals surface area contributed by atoms with Crippen LogP contribution in [0.25, 0.3) is 0 Å². The molecule has 0 spiro atoms. The summed E-state index contributed by atoms with van der Waals surface area (Å²) >= 11 is 0. The third-order valence-corrected chi connectivity index (χ3v) is 3.48. The number of hydrogen-bond acceptors (Lipinski definition) is 5. The van der Waals surface area contributed by atoms with Gasteiger partial charge in [0.05, 0.1) is 38.8 Å². The summed E-state index contributed by atoms with van der Waals surface area (Å²) in [7, 11) is -2.93. The lowest BCUT2D eigenvalue weighted by Gasteiger charge is -2.05. The van der Waals surface area contributed by atoms with Crippen LogP contribution in [0.5, 0.6) is 0 Å². The minimum atomic E-state index is -2.93. The first-order valence-corrected chi connectivity index (χ1v) is 6.91. The highest BCUT2D eigenvalue weighted by molar-refractivity contribution is 7.91. The molecule has 0 saturated heterocycles. The fourth-order valence-corrected chi connectivity index (χ4v) is 2.18. The Morgan fingerprint density at radius 2 is 1.60 bits per heavy atom.